The van der Waals surface area contributed by atoms with Crippen LogP contribution in [0.15, 0.2) is 58.3 Å². The number of rotatable bonds is 7. The number of nitrogens with one attached hydrogen (secondary N) is 1. The molecule has 0 unspecified atom stereocenters. The van der Waals surface area contributed by atoms with E-state index in [9.17, 15) is 13.2 Å². The maximum absolute atomic E-state index is 12.5. The number of sulfonamides is 1. The lowest BCUT2D eigenvalue weighted by Gasteiger charge is -2.15. The van der Waals surface area contributed by atoms with Crippen molar-refractivity contribution in [3.8, 4) is 5.75 Å². The lowest BCUT2D eigenvalue weighted by Crippen LogP contribution is -2.27. The van der Waals surface area contributed by atoms with E-state index in [1.807, 2.05) is 30.5 Å². The van der Waals surface area contributed by atoms with Gasteiger partial charge >= 0.3 is 0 Å². The minimum atomic E-state index is -3.44. The lowest BCUT2D eigenvalue weighted by atomic mass is 10.3. The molecular weight excluding hydrogens is 384 g/mol. The van der Waals surface area contributed by atoms with Crippen molar-refractivity contribution in [2.45, 2.75) is 22.6 Å². The van der Waals surface area contributed by atoms with Gasteiger partial charge in [0.05, 0.1) is 4.90 Å². The molecule has 2 aromatic carbocycles. The lowest BCUT2D eigenvalue weighted by molar-refractivity contribution is -0.118. The Balaban J connectivity index is 1.55. The molecule has 0 aromatic heterocycles. The average Bonchev–Trinajstić information content (AvgIpc) is 3.23. The van der Waals surface area contributed by atoms with Gasteiger partial charge in [0.15, 0.2) is 6.61 Å². The monoisotopic (exact) mass is 406 g/mol. The van der Waals surface area contributed by atoms with E-state index in [1.54, 1.807) is 23.9 Å². The van der Waals surface area contributed by atoms with E-state index in [0.29, 0.717) is 24.5 Å². The van der Waals surface area contributed by atoms with Crippen LogP contribution >= 0.6 is 11.8 Å². The summed E-state index contributed by atoms with van der Waals surface area (Å²) in [5.41, 5.74) is 0.529. The number of amides is 1. The zero-order chi connectivity index (χ0) is 19.3. The Morgan fingerprint density at radius 1 is 1.07 bits per heavy atom. The Hall–Kier alpha value is -2.03. The Morgan fingerprint density at radius 2 is 1.70 bits per heavy atom. The minimum Gasteiger partial charge on any atom is -0.484 e. The quantitative estimate of drug-likeness (QED) is 0.715. The van der Waals surface area contributed by atoms with Gasteiger partial charge in [-0.25, -0.2) is 8.42 Å². The van der Waals surface area contributed by atoms with Crippen LogP contribution in [0.2, 0.25) is 0 Å². The first kappa shape index (κ1) is 19.7. The predicted molar refractivity (Wildman–Crippen MR) is 107 cm³/mol. The van der Waals surface area contributed by atoms with Crippen molar-refractivity contribution in [3.05, 3.63) is 48.5 Å². The molecule has 6 nitrogen and oxygen atoms in total. The third-order valence-electron chi connectivity index (χ3n) is 4.27. The van der Waals surface area contributed by atoms with Crippen molar-refractivity contribution in [2.24, 2.45) is 0 Å². The van der Waals surface area contributed by atoms with Crippen LogP contribution in [0.3, 0.4) is 0 Å². The number of carbonyl (C=O) groups is 1. The second-order valence-electron chi connectivity index (χ2n) is 6.15. The van der Waals surface area contributed by atoms with Gasteiger partial charge in [0.1, 0.15) is 5.75 Å². The molecule has 1 amide bonds. The summed E-state index contributed by atoms with van der Waals surface area (Å²) in [5, 5.41) is 2.71. The van der Waals surface area contributed by atoms with Crippen molar-refractivity contribution >= 4 is 33.4 Å². The number of carbonyl (C=O) groups excluding carboxylic acids is 1. The van der Waals surface area contributed by atoms with Crippen LogP contribution in [0.4, 0.5) is 5.69 Å². The van der Waals surface area contributed by atoms with Gasteiger partial charge in [0.2, 0.25) is 10.0 Å². The summed E-state index contributed by atoms with van der Waals surface area (Å²) in [6.07, 6.45) is 3.78. The van der Waals surface area contributed by atoms with Gasteiger partial charge < -0.3 is 10.1 Å². The van der Waals surface area contributed by atoms with Gasteiger partial charge in [-0.3, -0.25) is 4.79 Å². The van der Waals surface area contributed by atoms with Crippen LogP contribution in [0, 0.1) is 0 Å². The first-order valence-electron chi connectivity index (χ1n) is 8.66. The second kappa shape index (κ2) is 8.77. The Labute approximate surface area is 164 Å². The highest BCUT2D eigenvalue weighted by molar-refractivity contribution is 7.98. The molecule has 1 heterocycles. The van der Waals surface area contributed by atoms with Crippen LogP contribution in [-0.4, -0.2) is 44.6 Å². The van der Waals surface area contributed by atoms with Gasteiger partial charge in [0, 0.05) is 23.7 Å². The molecule has 0 radical (unpaired) electrons. The van der Waals surface area contributed by atoms with E-state index >= 15 is 0 Å². The highest BCUT2D eigenvalue weighted by atomic mass is 32.2. The molecule has 27 heavy (non-hydrogen) atoms. The number of benzene rings is 2. The summed E-state index contributed by atoms with van der Waals surface area (Å²) in [6.45, 7) is 1.01. The van der Waals surface area contributed by atoms with Crippen molar-refractivity contribution < 1.29 is 17.9 Å². The smallest absolute Gasteiger partial charge is 0.262 e. The summed E-state index contributed by atoms with van der Waals surface area (Å²) < 4.78 is 31.9. The van der Waals surface area contributed by atoms with E-state index in [4.69, 9.17) is 4.74 Å². The van der Waals surface area contributed by atoms with E-state index < -0.39 is 10.0 Å². The number of hydrogen-bond donors (Lipinski definition) is 1. The van der Waals surface area contributed by atoms with Crippen LogP contribution in [0.5, 0.6) is 5.75 Å². The topological polar surface area (TPSA) is 75.7 Å². The number of thioether (sulfide) groups is 1. The zero-order valence-electron chi connectivity index (χ0n) is 15.1. The average molecular weight is 407 g/mol. The SMILES string of the molecule is CSc1ccc(OCC(=O)Nc2ccc(S(=O)(=O)N3CCCC3)cc2)cc1. The number of ether oxygens (including phenoxy) is 1. The first-order valence-corrected chi connectivity index (χ1v) is 11.3. The molecule has 1 aliphatic heterocycles. The highest BCUT2D eigenvalue weighted by Gasteiger charge is 2.26. The minimum absolute atomic E-state index is 0.119. The zero-order valence-corrected chi connectivity index (χ0v) is 16.7. The number of nitrogens with zero attached hydrogens (tertiary/aromatic N) is 1. The number of hydrogen-bond acceptors (Lipinski definition) is 5. The predicted octanol–water partition coefficient (Wildman–Crippen LogP) is 3.21. The Kier molecular flexibility index (Phi) is 6.41. The summed E-state index contributed by atoms with van der Waals surface area (Å²) in [6, 6.07) is 13.7. The van der Waals surface area contributed by atoms with Crippen LogP contribution in [0.25, 0.3) is 0 Å². The summed E-state index contributed by atoms with van der Waals surface area (Å²) in [4.78, 5) is 13.4. The van der Waals surface area contributed by atoms with E-state index in [-0.39, 0.29) is 17.4 Å². The van der Waals surface area contributed by atoms with Crippen molar-refractivity contribution in [2.75, 3.05) is 31.3 Å². The number of anilines is 1. The molecule has 0 saturated carbocycles. The van der Waals surface area contributed by atoms with Crippen LogP contribution < -0.4 is 10.1 Å². The molecule has 1 saturated heterocycles. The molecule has 1 fully saturated rings. The molecule has 1 aliphatic rings. The molecule has 3 rings (SSSR count). The normalized spacial score (nSPS) is 14.9. The first-order chi connectivity index (χ1) is 13.0. The van der Waals surface area contributed by atoms with Crippen LogP contribution in [0.1, 0.15) is 12.8 Å². The maximum atomic E-state index is 12.5. The summed E-state index contributed by atoms with van der Waals surface area (Å²) >= 11 is 1.63. The van der Waals surface area contributed by atoms with Gasteiger partial charge in [-0.05, 0) is 67.6 Å². The van der Waals surface area contributed by atoms with Crippen molar-refractivity contribution in [1.29, 1.82) is 0 Å². The molecule has 1 N–H and O–H groups in total. The molecular formula is C19H22N2O4S2. The second-order valence-corrected chi connectivity index (χ2v) is 8.97. The third kappa shape index (κ3) is 5.03. The van der Waals surface area contributed by atoms with Gasteiger partial charge in [0.25, 0.3) is 5.91 Å². The van der Waals surface area contributed by atoms with E-state index in [2.05, 4.69) is 5.32 Å². The Morgan fingerprint density at radius 3 is 2.30 bits per heavy atom. The summed E-state index contributed by atoms with van der Waals surface area (Å²) in [5.74, 6) is 0.314. The van der Waals surface area contributed by atoms with Crippen molar-refractivity contribution in [3.63, 3.8) is 0 Å². The molecule has 8 heteroatoms. The fourth-order valence-corrected chi connectivity index (χ4v) is 4.73. The fraction of sp³-hybridized carbons (Fsp3) is 0.316. The molecule has 0 spiro atoms. The van der Waals surface area contributed by atoms with E-state index in [1.165, 1.54) is 16.4 Å². The van der Waals surface area contributed by atoms with Gasteiger partial charge in [-0.15, -0.1) is 11.8 Å². The molecule has 144 valence electrons. The molecule has 2 aromatic rings. The van der Waals surface area contributed by atoms with Gasteiger partial charge in [-0.2, -0.15) is 4.31 Å². The largest absolute Gasteiger partial charge is 0.484 e. The highest BCUT2D eigenvalue weighted by Crippen LogP contribution is 2.22. The Bertz CT molecular complexity index is 875. The molecule has 0 aliphatic carbocycles. The fourth-order valence-electron chi connectivity index (χ4n) is 2.81. The summed E-state index contributed by atoms with van der Waals surface area (Å²) in [7, 11) is -3.44. The van der Waals surface area contributed by atoms with Crippen LogP contribution in [-0.2, 0) is 14.8 Å². The van der Waals surface area contributed by atoms with Gasteiger partial charge in [-0.1, -0.05) is 0 Å². The van der Waals surface area contributed by atoms with E-state index in [0.717, 1.165) is 17.7 Å². The standard InChI is InChI=1S/C19H22N2O4S2/c1-26-17-8-6-16(7-9-17)25-14-19(22)20-15-4-10-18(11-5-15)27(23,24)21-12-2-3-13-21/h4-11H,2-3,12-14H2,1H3,(H,20,22). The van der Waals surface area contributed by atoms with Crippen molar-refractivity contribution in [1.82, 2.24) is 4.31 Å². The molecule has 0 atom stereocenters. The molecule has 0 bridgehead atoms. The third-order valence-corrected chi connectivity index (χ3v) is 6.93. The maximum Gasteiger partial charge on any atom is 0.262 e.